The van der Waals surface area contributed by atoms with Crippen LogP contribution >= 0.6 is 34.8 Å². The van der Waals surface area contributed by atoms with Gasteiger partial charge in [0.1, 0.15) is 0 Å². The molecule has 0 atom stereocenters. The van der Waals surface area contributed by atoms with Crippen molar-refractivity contribution in [1.29, 1.82) is 0 Å². The van der Waals surface area contributed by atoms with E-state index in [4.69, 9.17) is 39.9 Å². The SMILES string of the molecule is CC(C)(CC(=O)O)c1c(Cl)cc(Cl)cc1Cl. The fourth-order valence-electron chi connectivity index (χ4n) is 1.66. The molecule has 88 valence electrons. The molecule has 0 saturated heterocycles. The van der Waals surface area contributed by atoms with Gasteiger partial charge in [0.05, 0.1) is 6.42 Å². The lowest BCUT2D eigenvalue weighted by Crippen LogP contribution is -2.22. The molecule has 0 fully saturated rings. The molecule has 0 bridgehead atoms. The van der Waals surface area contributed by atoms with Gasteiger partial charge in [-0.2, -0.15) is 0 Å². The van der Waals surface area contributed by atoms with Crippen molar-refractivity contribution in [3.63, 3.8) is 0 Å². The average molecular weight is 282 g/mol. The molecule has 0 aliphatic rings. The number of hydrogen-bond acceptors (Lipinski definition) is 1. The van der Waals surface area contributed by atoms with Gasteiger partial charge >= 0.3 is 5.97 Å². The number of rotatable bonds is 3. The Balaban J connectivity index is 3.27. The Morgan fingerprint density at radius 3 is 2.06 bits per heavy atom. The molecule has 1 rings (SSSR count). The van der Waals surface area contributed by atoms with Crippen LogP contribution in [0.15, 0.2) is 12.1 Å². The van der Waals surface area contributed by atoms with Crippen LogP contribution in [0.2, 0.25) is 15.1 Å². The summed E-state index contributed by atoms with van der Waals surface area (Å²) in [7, 11) is 0. The predicted molar refractivity (Wildman–Crippen MR) is 66.8 cm³/mol. The zero-order valence-corrected chi connectivity index (χ0v) is 11.1. The first-order valence-corrected chi connectivity index (χ1v) is 5.74. The van der Waals surface area contributed by atoms with Gasteiger partial charge < -0.3 is 5.11 Å². The summed E-state index contributed by atoms with van der Waals surface area (Å²) in [5.74, 6) is -0.896. The Morgan fingerprint density at radius 2 is 1.69 bits per heavy atom. The van der Waals surface area contributed by atoms with E-state index in [9.17, 15) is 4.79 Å². The molecule has 0 aliphatic carbocycles. The summed E-state index contributed by atoms with van der Waals surface area (Å²) in [5, 5.41) is 10.1. The molecule has 0 heterocycles. The fourth-order valence-corrected chi connectivity index (χ4v) is 2.98. The lowest BCUT2D eigenvalue weighted by molar-refractivity contribution is -0.138. The van der Waals surface area contributed by atoms with Crippen molar-refractivity contribution >= 4 is 40.8 Å². The number of benzene rings is 1. The number of carbonyl (C=O) groups is 1. The number of carboxylic acid groups (broad SMARTS) is 1. The molecule has 0 aliphatic heterocycles. The van der Waals surface area contributed by atoms with Crippen LogP contribution in [0.3, 0.4) is 0 Å². The summed E-state index contributed by atoms with van der Waals surface area (Å²) in [6.07, 6.45) is -0.0475. The van der Waals surface area contributed by atoms with Gasteiger partial charge in [0.25, 0.3) is 0 Å². The highest BCUT2D eigenvalue weighted by Crippen LogP contribution is 2.39. The zero-order chi connectivity index (χ0) is 12.5. The summed E-state index contributed by atoms with van der Waals surface area (Å²) in [6.45, 7) is 3.56. The van der Waals surface area contributed by atoms with Crippen LogP contribution in [-0.2, 0) is 10.2 Å². The Hall–Kier alpha value is -0.440. The van der Waals surface area contributed by atoms with Gasteiger partial charge in [0.2, 0.25) is 0 Å². The quantitative estimate of drug-likeness (QED) is 0.891. The van der Waals surface area contributed by atoms with Crippen molar-refractivity contribution in [2.75, 3.05) is 0 Å². The van der Waals surface area contributed by atoms with Crippen LogP contribution in [0.1, 0.15) is 25.8 Å². The minimum Gasteiger partial charge on any atom is -0.481 e. The lowest BCUT2D eigenvalue weighted by atomic mass is 9.81. The molecule has 0 saturated carbocycles. The highest BCUT2D eigenvalue weighted by molar-refractivity contribution is 6.39. The minimum atomic E-state index is -0.896. The maximum Gasteiger partial charge on any atom is 0.304 e. The maximum absolute atomic E-state index is 10.8. The van der Waals surface area contributed by atoms with E-state index in [1.54, 1.807) is 26.0 Å². The number of aliphatic carboxylic acids is 1. The van der Waals surface area contributed by atoms with E-state index < -0.39 is 11.4 Å². The summed E-state index contributed by atoms with van der Waals surface area (Å²) in [4.78, 5) is 10.8. The minimum absolute atomic E-state index is 0.0475. The molecule has 0 amide bonds. The van der Waals surface area contributed by atoms with Gasteiger partial charge in [-0.1, -0.05) is 48.7 Å². The van der Waals surface area contributed by atoms with Crippen molar-refractivity contribution in [3.8, 4) is 0 Å². The van der Waals surface area contributed by atoms with Crippen LogP contribution in [0.25, 0.3) is 0 Å². The molecule has 0 unspecified atom stereocenters. The van der Waals surface area contributed by atoms with Gasteiger partial charge in [-0.15, -0.1) is 0 Å². The van der Waals surface area contributed by atoms with Gasteiger partial charge in [0.15, 0.2) is 0 Å². The zero-order valence-electron chi connectivity index (χ0n) is 8.85. The number of carboxylic acids is 1. The van der Waals surface area contributed by atoms with Gasteiger partial charge in [-0.3, -0.25) is 4.79 Å². The average Bonchev–Trinajstić information content (AvgIpc) is 1.96. The molecule has 1 aromatic rings. The van der Waals surface area contributed by atoms with Crippen molar-refractivity contribution in [2.45, 2.75) is 25.7 Å². The van der Waals surface area contributed by atoms with Crippen molar-refractivity contribution in [2.24, 2.45) is 0 Å². The predicted octanol–water partition coefficient (Wildman–Crippen LogP) is 4.40. The maximum atomic E-state index is 10.8. The molecule has 1 N–H and O–H groups in total. The molecule has 16 heavy (non-hydrogen) atoms. The molecular weight excluding hydrogens is 270 g/mol. The van der Waals surface area contributed by atoms with Crippen molar-refractivity contribution in [3.05, 3.63) is 32.8 Å². The summed E-state index contributed by atoms with van der Waals surface area (Å²) >= 11 is 17.9. The summed E-state index contributed by atoms with van der Waals surface area (Å²) in [5.41, 5.74) is -0.0208. The first-order chi connectivity index (χ1) is 7.24. The van der Waals surface area contributed by atoms with Gasteiger partial charge in [0, 0.05) is 20.5 Å². The topological polar surface area (TPSA) is 37.3 Å². The van der Waals surface area contributed by atoms with Gasteiger partial charge in [-0.25, -0.2) is 0 Å². The molecule has 0 aromatic heterocycles. The number of halogens is 3. The Kier molecular flexibility index (Phi) is 4.11. The van der Waals surface area contributed by atoms with E-state index in [0.717, 1.165) is 0 Å². The third-order valence-corrected chi connectivity index (χ3v) is 3.09. The van der Waals surface area contributed by atoms with E-state index in [-0.39, 0.29) is 6.42 Å². The van der Waals surface area contributed by atoms with Gasteiger partial charge in [-0.05, 0) is 17.7 Å². The van der Waals surface area contributed by atoms with Crippen LogP contribution < -0.4 is 0 Å². The monoisotopic (exact) mass is 280 g/mol. The molecule has 0 radical (unpaired) electrons. The normalized spacial score (nSPS) is 11.6. The van der Waals surface area contributed by atoms with E-state index >= 15 is 0 Å². The molecule has 2 nitrogen and oxygen atoms in total. The van der Waals surface area contributed by atoms with Crippen LogP contribution in [0.4, 0.5) is 0 Å². The second-order valence-corrected chi connectivity index (χ2v) is 5.45. The Labute approximate surface area is 109 Å². The first-order valence-electron chi connectivity index (χ1n) is 4.61. The highest BCUT2D eigenvalue weighted by atomic mass is 35.5. The largest absolute Gasteiger partial charge is 0.481 e. The molecular formula is C11H11Cl3O2. The van der Waals surface area contributed by atoms with Crippen molar-refractivity contribution in [1.82, 2.24) is 0 Å². The molecule has 1 aromatic carbocycles. The standard InChI is InChI=1S/C11H11Cl3O2/c1-11(2,5-9(15)16)10-7(13)3-6(12)4-8(10)14/h3-4H,5H2,1-2H3,(H,15,16). The van der Waals surface area contributed by atoms with Crippen LogP contribution in [-0.4, -0.2) is 11.1 Å². The first kappa shape index (κ1) is 13.6. The smallest absolute Gasteiger partial charge is 0.304 e. The second-order valence-electron chi connectivity index (χ2n) is 4.20. The third kappa shape index (κ3) is 3.03. The van der Waals surface area contributed by atoms with Crippen LogP contribution in [0, 0.1) is 0 Å². The Bertz CT molecular complexity index is 404. The summed E-state index contributed by atoms with van der Waals surface area (Å²) < 4.78 is 0. The van der Waals surface area contributed by atoms with E-state index in [1.165, 1.54) is 0 Å². The van der Waals surface area contributed by atoms with E-state index in [1.807, 2.05) is 0 Å². The second kappa shape index (κ2) is 4.82. The Morgan fingerprint density at radius 1 is 1.25 bits per heavy atom. The molecule has 0 spiro atoms. The number of hydrogen-bond donors (Lipinski definition) is 1. The third-order valence-electron chi connectivity index (χ3n) is 2.28. The molecule has 5 heteroatoms. The van der Waals surface area contributed by atoms with E-state index in [0.29, 0.717) is 20.6 Å². The van der Waals surface area contributed by atoms with Crippen molar-refractivity contribution < 1.29 is 9.90 Å². The summed E-state index contributed by atoms with van der Waals surface area (Å²) in [6, 6.07) is 3.13. The fraction of sp³-hybridized carbons (Fsp3) is 0.364. The van der Waals surface area contributed by atoms with E-state index in [2.05, 4.69) is 0 Å². The lowest BCUT2D eigenvalue weighted by Gasteiger charge is -2.25. The van der Waals surface area contributed by atoms with Crippen LogP contribution in [0.5, 0.6) is 0 Å². The highest BCUT2D eigenvalue weighted by Gasteiger charge is 2.29.